The Morgan fingerprint density at radius 3 is 2.46 bits per heavy atom. The number of aliphatic hydroxyl groups is 1. The van der Waals surface area contributed by atoms with E-state index in [1.54, 1.807) is 0 Å². The van der Waals surface area contributed by atoms with E-state index in [9.17, 15) is 13.9 Å². The smallest absolute Gasteiger partial charge is 0.267 e. The van der Waals surface area contributed by atoms with Crippen molar-refractivity contribution in [3.05, 3.63) is 28.8 Å². The van der Waals surface area contributed by atoms with Crippen LogP contribution in [0.15, 0.2) is 12.1 Å². The number of hydrogen-bond acceptors (Lipinski definition) is 2. The van der Waals surface area contributed by atoms with E-state index in [-0.39, 0.29) is 6.61 Å². The van der Waals surface area contributed by atoms with Gasteiger partial charge in [-0.25, -0.2) is 8.78 Å². The van der Waals surface area contributed by atoms with E-state index in [4.69, 9.17) is 5.11 Å². The molecule has 0 saturated carbocycles. The molecule has 0 aliphatic rings. The molecule has 1 rings (SSSR count). The summed E-state index contributed by atoms with van der Waals surface area (Å²) < 4.78 is 24.6. The number of hydrogen-bond donors (Lipinski definition) is 2. The van der Waals surface area contributed by atoms with Gasteiger partial charge in [0.1, 0.15) is 5.75 Å². The van der Waals surface area contributed by atoms with Crippen LogP contribution < -0.4 is 0 Å². The maximum Gasteiger partial charge on any atom is 0.267 e. The average Bonchev–Trinajstić information content (AvgIpc) is 2.09. The van der Waals surface area contributed by atoms with Crippen molar-refractivity contribution >= 4 is 0 Å². The van der Waals surface area contributed by atoms with Crippen LogP contribution in [0, 0.1) is 6.92 Å². The Labute approximate surface area is 74.4 Å². The number of phenols is 1. The Kier molecular flexibility index (Phi) is 2.83. The summed E-state index contributed by atoms with van der Waals surface area (Å²) in [5, 5.41) is 18.0. The first-order valence-corrected chi connectivity index (χ1v) is 3.77. The second-order valence-electron chi connectivity index (χ2n) is 2.81. The lowest BCUT2D eigenvalue weighted by molar-refractivity contribution is 0.147. The number of halogens is 2. The normalized spacial score (nSPS) is 10.8. The van der Waals surface area contributed by atoms with E-state index in [2.05, 4.69) is 0 Å². The van der Waals surface area contributed by atoms with E-state index < -0.39 is 17.7 Å². The lowest BCUT2D eigenvalue weighted by Gasteiger charge is -2.08. The van der Waals surface area contributed by atoms with Crippen LogP contribution in [-0.4, -0.2) is 10.2 Å². The molecule has 0 spiro atoms. The molecule has 1 aromatic rings. The molecule has 0 heterocycles. The van der Waals surface area contributed by atoms with Gasteiger partial charge in [-0.1, -0.05) is 6.07 Å². The fraction of sp³-hybridized carbons (Fsp3) is 0.333. The summed E-state index contributed by atoms with van der Waals surface area (Å²) >= 11 is 0. The van der Waals surface area contributed by atoms with Gasteiger partial charge in [0.15, 0.2) is 0 Å². The molecule has 0 aliphatic carbocycles. The molecule has 72 valence electrons. The summed E-state index contributed by atoms with van der Waals surface area (Å²) in [6.07, 6.45) is -2.72. The standard InChI is InChI=1S/C9H10F2O2/c1-5-2-6(4-12)3-7(8(5)13)9(10)11/h2-3,9,12-13H,4H2,1H3. The van der Waals surface area contributed by atoms with Crippen LogP contribution in [0.25, 0.3) is 0 Å². The number of aryl methyl sites for hydroxylation is 1. The van der Waals surface area contributed by atoms with E-state index in [0.29, 0.717) is 11.1 Å². The molecule has 1 aromatic carbocycles. The maximum atomic E-state index is 12.3. The van der Waals surface area contributed by atoms with Crippen molar-refractivity contribution in [3.8, 4) is 5.75 Å². The molecule has 2 N–H and O–H groups in total. The lowest BCUT2D eigenvalue weighted by atomic mass is 10.1. The first-order valence-electron chi connectivity index (χ1n) is 3.77. The van der Waals surface area contributed by atoms with Crippen molar-refractivity contribution < 1.29 is 19.0 Å². The van der Waals surface area contributed by atoms with Gasteiger partial charge in [0.25, 0.3) is 6.43 Å². The molecular weight excluding hydrogens is 178 g/mol. The fourth-order valence-electron chi connectivity index (χ4n) is 1.14. The van der Waals surface area contributed by atoms with E-state index in [0.717, 1.165) is 6.07 Å². The quantitative estimate of drug-likeness (QED) is 0.746. The van der Waals surface area contributed by atoms with Crippen molar-refractivity contribution in [2.45, 2.75) is 20.0 Å². The summed E-state index contributed by atoms with van der Waals surface area (Å²) in [6.45, 7) is 1.21. The Balaban J connectivity index is 3.25. The second-order valence-corrected chi connectivity index (χ2v) is 2.81. The van der Waals surface area contributed by atoms with Gasteiger partial charge in [-0.15, -0.1) is 0 Å². The van der Waals surface area contributed by atoms with Gasteiger partial charge < -0.3 is 10.2 Å². The zero-order chi connectivity index (χ0) is 10.0. The first kappa shape index (κ1) is 9.92. The minimum atomic E-state index is -2.72. The number of rotatable bonds is 2. The van der Waals surface area contributed by atoms with Crippen LogP contribution in [0.5, 0.6) is 5.75 Å². The van der Waals surface area contributed by atoms with Gasteiger partial charge >= 0.3 is 0 Å². The van der Waals surface area contributed by atoms with Crippen LogP contribution >= 0.6 is 0 Å². The van der Waals surface area contributed by atoms with E-state index in [1.165, 1.54) is 13.0 Å². The van der Waals surface area contributed by atoms with E-state index in [1.807, 2.05) is 0 Å². The average molecular weight is 188 g/mol. The topological polar surface area (TPSA) is 40.5 Å². The van der Waals surface area contributed by atoms with Crippen LogP contribution in [0.3, 0.4) is 0 Å². The molecule has 0 atom stereocenters. The van der Waals surface area contributed by atoms with E-state index >= 15 is 0 Å². The van der Waals surface area contributed by atoms with Crippen molar-refractivity contribution in [2.24, 2.45) is 0 Å². The van der Waals surface area contributed by atoms with Crippen LogP contribution in [0.1, 0.15) is 23.1 Å². The summed E-state index contributed by atoms with van der Waals surface area (Å²) in [7, 11) is 0. The molecular formula is C9H10F2O2. The molecule has 4 heteroatoms. The third kappa shape index (κ3) is 1.95. The SMILES string of the molecule is Cc1cc(CO)cc(C(F)F)c1O. The molecule has 0 saturated heterocycles. The van der Waals surface area contributed by atoms with Crippen molar-refractivity contribution in [3.63, 3.8) is 0 Å². The van der Waals surface area contributed by atoms with Crippen LogP contribution in [0.2, 0.25) is 0 Å². The number of aliphatic hydroxyl groups excluding tert-OH is 1. The summed E-state index contributed by atoms with van der Waals surface area (Å²) in [5.41, 5.74) is 0.302. The monoisotopic (exact) mass is 188 g/mol. The first-order chi connectivity index (χ1) is 6.06. The molecule has 0 unspecified atom stereocenters. The number of aromatic hydroxyl groups is 1. The van der Waals surface area contributed by atoms with Gasteiger partial charge in [-0.3, -0.25) is 0 Å². The minimum Gasteiger partial charge on any atom is -0.507 e. The third-order valence-corrected chi connectivity index (χ3v) is 1.81. The highest BCUT2D eigenvalue weighted by Crippen LogP contribution is 2.31. The fourth-order valence-corrected chi connectivity index (χ4v) is 1.14. The zero-order valence-corrected chi connectivity index (χ0v) is 7.09. The van der Waals surface area contributed by atoms with Crippen LogP contribution in [-0.2, 0) is 6.61 Å². The molecule has 0 aliphatic heterocycles. The Hall–Kier alpha value is -1.16. The highest BCUT2D eigenvalue weighted by atomic mass is 19.3. The second kappa shape index (κ2) is 3.70. The predicted octanol–water partition coefficient (Wildman–Crippen LogP) is 2.13. The highest BCUT2D eigenvalue weighted by molar-refractivity contribution is 5.43. The Bertz CT molecular complexity index is 311. The van der Waals surface area contributed by atoms with Gasteiger partial charge in [-0.2, -0.15) is 0 Å². The van der Waals surface area contributed by atoms with Gasteiger partial charge in [-0.05, 0) is 24.1 Å². The minimum absolute atomic E-state index is 0.305. The zero-order valence-electron chi connectivity index (χ0n) is 7.09. The molecule has 0 amide bonds. The maximum absolute atomic E-state index is 12.3. The molecule has 2 nitrogen and oxygen atoms in total. The molecule has 0 bridgehead atoms. The highest BCUT2D eigenvalue weighted by Gasteiger charge is 2.15. The summed E-state index contributed by atoms with van der Waals surface area (Å²) in [6, 6.07) is 2.58. The lowest BCUT2D eigenvalue weighted by Crippen LogP contribution is -1.92. The molecule has 0 radical (unpaired) electrons. The third-order valence-electron chi connectivity index (χ3n) is 1.81. The van der Waals surface area contributed by atoms with Crippen molar-refractivity contribution in [1.29, 1.82) is 0 Å². The van der Waals surface area contributed by atoms with Gasteiger partial charge in [0.05, 0.1) is 12.2 Å². The Morgan fingerprint density at radius 2 is 2.00 bits per heavy atom. The van der Waals surface area contributed by atoms with Crippen LogP contribution in [0.4, 0.5) is 8.78 Å². The van der Waals surface area contributed by atoms with Crippen molar-refractivity contribution in [2.75, 3.05) is 0 Å². The summed E-state index contributed by atoms with van der Waals surface area (Å²) in [4.78, 5) is 0. The molecule has 0 fully saturated rings. The number of phenolic OH excluding ortho intramolecular Hbond substituents is 1. The molecule has 0 aromatic heterocycles. The van der Waals surface area contributed by atoms with Gasteiger partial charge in [0.2, 0.25) is 0 Å². The van der Waals surface area contributed by atoms with Crippen molar-refractivity contribution in [1.82, 2.24) is 0 Å². The molecule has 13 heavy (non-hydrogen) atoms. The largest absolute Gasteiger partial charge is 0.507 e. The number of benzene rings is 1. The summed E-state index contributed by atoms with van der Waals surface area (Å²) in [5.74, 6) is -0.396. The predicted molar refractivity (Wildman–Crippen MR) is 43.7 cm³/mol. The van der Waals surface area contributed by atoms with Gasteiger partial charge in [0, 0.05) is 0 Å². The Morgan fingerprint density at radius 1 is 1.38 bits per heavy atom. The number of alkyl halides is 2.